The Labute approximate surface area is 120 Å². The number of rotatable bonds is 5. The first-order valence-electron chi connectivity index (χ1n) is 6.93. The first kappa shape index (κ1) is 15.2. The molecule has 0 radical (unpaired) electrons. The third-order valence-corrected chi connectivity index (χ3v) is 4.99. The molecule has 1 atom stereocenters. The molecule has 1 aromatic heterocycles. The van der Waals surface area contributed by atoms with Crippen LogP contribution >= 0.6 is 0 Å². The summed E-state index contributed by atoms with van der Waals surface area (Å²) in [6.07, 6.45) is 5.06. The predicted octanol–water partition coefficient (Wildman–Crippen LogP) is 0.817. The molecular weight excluding hydrogens is 276 g/mol. The SMILES string of the molecule is CC(CN1CCCCC1)NS(=O)(=O)c1ccnc(N)c1. The number of hydrogen-bond donors (Lipinski definition) is 2. The summed E-state index contributed by atoms with van der Waals surface area (Å²) in [6.45, 7) is 4.72. The van der Waals surface area contributed by atoms with Crippen LogP contribution in [0.2, 0.25) is 0 Å². The average molecular weight is 298 g/mol. The Hall–Kier alpha value is -1.18. The van der Waals surface area contributed by atoms with Gasteiger partial charge in [0.1, 0.15) is 5.82 Å². The molecule has 20 heavy (non-hydrogen) atoms. The van der Waals surface area contributed by atoms with Crippen molar-refractivity contribution in [1.29, 1.82) is 0 Å². The van der Waals surface area contributed by atoms with E-state index in [4.69, 9.17) is 5.73 Å². The van der Waals surface area contributed by atoms with Gasteiger partial charge in [0.15, 0.2) is 0 Å². The Morgan fingerprint density at radius 3 is 2.75 bits per heavy atom. The standard InChI is InChI=1S/C13H22N4O2S/c1-11(10-17-7-3-2-4-8-17)16-20(18,19)12-5-6-15-13(14)9-12/h5-6,9,11,16H,2-4,7-8,10H2,1H3,(H2,14,15). The third kappa shape index (κ3) is 4.16. The Kier molecular flexibility index (Phi) is 4.95. The van der Waals surface area contributed by atoms with Crippen molar-refractivity contribution >= 4 is 15.8 Å². The fraction of sp³-hybridized carbons (Fsp3) is 0.615. The number of pyridine rings is 1. The van der Waals surface area contributed by atoms with Crippen LogP contribution in [0, 0.1) is 0 Å². The summed E-state index contributed by atoms with van der Waals surface area (Å²) in [5.74, 6) is 0.205. The molecule has 6 nitrogen and oxygen atoms in total. The van der Waals surface area contributed by atoms with E-state index < -0.39 is 10.0 Å². The summed E-state index contributed by atoms with van der Waals surface area (Å²) in [6, 6.07) is 2.69. The Morgan fingerprint density at radius 2 is 2.10 bits per heavy atom. The number of likely N-dealkylation sites (tertiary alicyclic amines) is 1. The molecule has 0 aromatic carbocycles. The number of aromatic nitrogens is 1. The molecule has 1 saturated heterocycles. The van der Waals surface area contributed by atoms with E-state index in [2.05, 4.69) is 14.6 Å². The van der Waals surface area contributed by atoms with E-state index in [0.29, 0.717) is 0 Å². The predicted molar refractivity (Wildman–Crippen MR) is 78.7 cm³/mol. The maximum absolute atomic E-state index is 12.2. The zero-order valence-corrected chi connectivity index (χ0v) is 12.6. The first-order valence-corrected chi connectivity index (χ1v) is 8.42. The molecule has 0 spiro atoms. The van der Waals surface area contributed by atoms with Crippen LogP contribution in [0.4, 0.5) is 5.82 Å². The maximum Gasteiger partial charge on any atom is 0.241 e. The minimum atomic E-state index is -3.53. The summed E-state index contributed by atoms with van der Waals surface area (Å²) in [5, 5.41) is 0. The van der Waals surface area contributed by atoms with Crippen LogP contribution in [-0.2, 0) is 10.0 Å². The van der Waals surface area contributed by atoms with Gasteiger partial charge >= 0.3 is 0 Å². The number of hydrogen-bond acceptors (Lipinski definition) is 5. The van der Waals surface area contributed by atoms with E-state index in [1.807, 2.05) is 6.92 Å². The molecule has 0 aliphatic carbocycles. The lowest BCUT2D eigenvalue weighted by atomic mass is 10.1. The molecule has 1 unspecified atom stereocenters. The summed E-state index contributed by atoms with van der Waals surface area (Å²) in [5.41, 5.74) is 5.52. The van der Waals surface area contributed by atoms with E-state index in [-0.39, 0.29) is 16.8 Å². The van der Waals surface area contributed by atoms with Gasteiger partial charge in [-0.05, 0) is 38.9 Å². The van der Waals surface area contributed by atoms with E-state index >= 15 is 0 Å². The van der Waals surface area contributed by atoms with E-state index in [1.54, 1.807) is 0 Å². The van der Waals surface area contributed by atoms with Crippen molar-refractivity contribution in [2.45, 2.75) is 37.1 Å². The maximum atomic E-state index is 12.2. The van der Waals surface area contributed by atoms with E-state index in [1.165, 1.54) is 37.6 Å². The summed E-state index contributed by atoms with van der Waals surface area (Å²) >= 11 is 0. The van der Waals surface area contributed by atoms with Crippen LogP contribution < -0.4 is 10.5 Å². The van der Waals surface area contributed by atoms with Crippen LogP contribution in [0.3, 0.4) is 0 Å². The Balaban J connectivity index is 1.97. The summed E-state index contributed by atoms with van der Waals surface area (Å²) in [4.78, 5) is 6.27. The van der Waals surface area contributed by atoms with Gasteiger partial charge in [-0.15, -0.1) is 0 Å². The number of nitrogens with two attached hydrogens (primary N) is 1. The highest BCUT2D eigenvalue weighted by Gasteiger charge is 2.20. The lowest BCUT2D eigenvalue weighted by molar-refractivity contribution is 0.215. The first-order chi connectivity index (χ1) is 9.47. The van der Waals surface area contributed by atoms with Gasteiger partial charge in [-0.1, -0.05) is 6.42 Å². The average Bonchev–Trinajstić information content (AvgIpc) is 2.39. The van der Waals surface area contributed by atoms with Gasteiger partial charge in [-0.25, -0.2) is 18.1 Å². The van der Waals surface area contributed by atoms with Gasteiger partial charge in [0, 0.05) is 24.8 Å². The molecule has 2 heterocycles. The highest BCUT2D eigenvalue weighted by molar-refractivity contribution is 7.89. The number of anilines is 1. The van der Waals surface area contributed by atoms with E-state index in [0.717, 1.165) is 19.6 Å². The molecule has 112 valence electrons. The normalized spacial score (nSPS) is 18.9. The van der Waals surface area contributed by atoms with Crippen molar-refractivity contribution in [3.63, 3.8) is 0 Å². The summed E-state index contributed by atoms with van der Waals surface area (Å²) in [7, 11) is -3.53. The highest BCUT2D eigenvalue weighted by atomic mass is 32.2. The highest BCUT2D eigenvalue weighted by Crippen LogP contribution is 2.12. The minimum absolute atomic E-state index is 0.132. The van der Waals surface area contributed by atoms with Crippen LogP contribution in [-0.4, -0.2) is 44.0 Å². The number of nitrogens with one attached hydrogen (secondary N) is 1. The third-order valence-electron chi connectivity index (χ3n) is 3.40. The fourth-order valence-corrected chi connectivity index (χ4v) is 3.75. The van der Waals surface area contributed by atoms with Crippen LogP contribution in [0.1, 0.15) is 26.2 Å². The van der Waals surface area contributed by atoms with Crippen LogP contribution in [0.5, 0.6) is 0 Å². The number of piperidine rings is 1. The molecular formula is C13H22N4O2S. The second-order valence-electron chi connectivity index (χ2n) is 5.30. The zero-order valence-electron chi connectivity index (χ0n) is 11.7. The van der Waals surface area contributed by atoms with Crippen molar-refractivity contribution in [3.8, 4) is 0 Å². The largest absolute Gasteiger partial charge is 0.384 e. The lowest BCUT2D eigenvalue weighted by Gasteiger charge is -2.29. The molecule has 2 rings (SSSR count). The minimum Gasteiger partial charge on any atom is -0.384 e. The monoisotopic (exact) mass is 298 g/mol. The van der Waals surface area contributed by atoms with Gasteiger partial charge in [-0.3, -0.25) is 0 Å². The zero-order chi connectivity index (χ0) is 14.6. The molecule has 0 amide bonds. The van der Waals surface area contributed by atoms with Gasteiger partial charge in [0.2, 0.25) is 10.0 Å². The van der Waals surface area contributed by atoms with Crippen molar-refractivity contribution in [3.05, 3.63) is 18.3 Å². The van der Waals surface area contributed by atoms with Gasteiger partial charge in [-0.2, -0.15) is 0 Å². The smallest absolute Gasteiger partial charge is 0.241 e. The van der Waals surface area contributed by atoms with Gasteiger partial charge < -0.3 is 10.6 Å². The molecule has 1 aliphatic rings. The Morgan fingerprint density at radius 1 is 1.40 bits per heavy atom. The molecule has 1 aromatic rings. The molecule has 3 N–H and O–H groups in total. The molecule has 0 bridgehead atoms. The van der Waals surface area contributed by atoms with Crippen molar-refractivity contribution in [1.82, 2.24) is 14.6 Å². The Bertz CT molecular complexity index is 541. The van der Waals surface area contributed by atoms with Gasteiger partial charge in [0.25, 0.3) is 0 Å². The second kappa shape index (κ2) is 6.51. The lowest BCUT2D eigenvalue weighted by Crippen LogP contribution is -2.43. The molecule has 1 aliphatic heterocycles. The fourth-order valence-electron chi connectivity index (χ4n) is 2.49. The quantitative estimate of drug-likeness (QED) is 0.840. The number of sulfonamides is 1. The number of nitrogens with zero attached hydrogens (tertiary/aromatic N) is 2. The van der Waals surface area contributed by atoms with E-state index in [9.17, 15) is 8.42 Å². The summed E-state index contributed by atoms with van der Waals surface area (Å²) < 4.78 is 27.1. The van der Waals surface area contributed by atoms with Crippen molar-refractivity contribution in [2.75, 3.05) is 25.4 Å². The molecule has 1 fully saturated rings. The van der Waals surface area contributed by atoms with Crippen molar-refractivity contribution < 1.29 is 8.42 Å². The molecule has 7 heteroatoms. The van der Waals surface area contributed by atoms with Crippen LogP contribution in [0.15, 0.2) is 23.2 Å². The second-order valence-corrected chi connectivity index (χ2v) is 7.01. The topological polar surface area (TPSA) is 88.3 Å². The van der Waals surface area contributed by atoms with Crippen molar-refractivity contribution in [2.24, 2.45) is 0 Å². The van der Waals surface area contributed by atoms with Gasteiger partial charge in [0.05, 0.1) is 4.90 Å². The number of nitrogen functional groups attached to an aromatic ring is 1. The van der Waals surface area contributed by atoms with Crippen LogP contribution in [0.25, 0.3) is 0 Å². The molecule has 0 saturated carbocycles.